The summed E-state index contributed by atoms with van der Waals surface area (Å²) in [5, 5.41) is 22.3. The van der Waals surface area contributed by atoms with E-state index >= 15 is 0 Å². The monoisotopic (exact) mass is 394 g/mol. The van der Waals surface area contributed by atoms with Crippen molar-refractivity contribution in [1.29, 1.82) is 0 Å². The molecule has 3 rings (SSSR count). The summed E-state index contributed by atoms with van der Waals surface area (Å²) >= 11 is 6.05. The predicted octanol–water partition coefficient (Wildman–Crippen LogP) is 3.79. The highest BCUT2D eigenvalue weighted by molar-refractivity contribution is 6.30. The van der Waals surface area contributed by atoms with Crippen LogP contribution in [0.3, 0.4) is 0 Å². The van der Waals surface area contributed by atoms with Gasteiger partial charge in [0.1, 0.15) is 5.60 Å². The van der Waals surface area contributed by atoms with Crippen molar-refractivity contribution in [3.63, 3.8) is 0 Å². The first-order valence-corrected chi connectivity index (χ1v) is 9.31. The first-order chi connectivity index (χ1) is 13.1. The molecule has 1 aromatic heterocycles. The SMILES string of the molecule is Cc1cc(C(O)(c2ccc(Cl)cc2)c2cncn2C)ccc1C#CC(C)(C)O. The van der Waals surface area contributed by atoms with Gasteiger partial charge >= 0.3 is 0 Å². The van der Waals surface area contributed by atoms with Gasteiger partial charge in [0.2, 0.25) is 0 Å². The molecule has 0 aliphatic rings. The van der Waals surface area contributed by atoms with Crippen molar-refractivity contribution in [2.45, 2.75) is 32.0 Å². The Bertz CT molecular complexity index is 1050. The van der Waals surface area contributed by atoms with E-state index in [4.69, 9.17) is 11.6 Å². The van der Waals surface area contributed by atoms with Crippen LogP contribution in [0.1, 0.15) is 41.8 Å². The average molecular weight is 395 g/mol. The van der Waals surface area contributed by atoms with Crippen LogP contribution in [0.15, 0.2) is 55.0 Å². The molecule has 4 nitrogen and oxygen atoms in total. The van der Waals surface area contributed by atoms with Crippen LogP contribution >= 0.6 is 11.6 Å². The van der Waals surface area contributed by atoms with E-state index in [1.807, 2.05) is 44.3 Å². The number of nitrogens with zero attached hydrogens (tertiary/aromatic N) is 2. The van der Waals surface area contributed by atoms with Crippen LogP contribution in [-0.2, 0) is 12.6 Å². The quantitative estimate of drug-likeness (QED) is 0.664. The molecule has 3 aromatic rings. The molecule has 28 heavy (non-hydrogen) atoms. The van der Waals surface area contributed by atoms with Crippen LogP contribution in [0.5, 0.6) is 0 Å². The Morgan fingerprint density at radius 2 is 1.68 bits per heavy atom. The molecule has 0 aliphatic heterocycles. The van der Waals surface area contributed by atoms with Gasteiger partial charge in [-0.05, 0) is 55.7 Å². The summed E-state index contributed by atoms with van der Waals surface area (Å²) in [6, 6.07) is 12.8. The fraction of sp³-hybridized carbons (Fsp3) is 0.261. The highest BCUT2D eigenvalue weighted by Gasteiger charge is 2.36. The van der Waals surface area contributed by atoms with E-state index in [1.54, 1.807) is 43.1 Å². The fourth-order valence-corrected chi connectivity index (χ4v) is 3.23. The van der Waals surface area contributed by atoms with Crippen molar-refractivity contribution < 1.29 is 10.2 Å². The third-order valence-corrected chi connectivity index (χ3v) is 4.85. The van der Waals surface area contributed by atoms with Crippen LogP contribution in [0.25, 0.3) is 0 Å². The van der Waals surface area contributed by atoms with E-state index in [0.29, 0.717) is 21.8 Å². The Labute approximate surface area is 170 Å². The number of hydrogen-bond donors (Lipinski definition) is 2. The van der Waals surface area contributed by atoms with Crippen LogP contribution in [-0.4, -0.2) is 25.4 Å². The van der Waals surface area contributed by atoms with Gasteiger partial charge in [0, 0.05) is 17.6 Å². The maximum atomic E-state index is 11.9. The molecule has 0 amide bonds. The molecule has 1 atom stereocenters. The lowest BCUT2D eigenvalue weighted by atomic mass is 9.82. The number of rotatable bonds is 3. The Kier molecular flexibility index (Phi) is 5.36. The van der Waals surface area contributed by atoms with Crippen LogP contribution < -0.4 is 0 Å². The predicted molar refractivity (Wildman–Crippen MR) is 111 cm³/mol. The van der Waals surface area contributed by atoms with Crippen molar-refractivity contribution in [3.05, 3.63) is 88.0 Å². The van der Waals surface area contributed by atoms with Gasteiger partial charge in [-0.1, -0.05) is 47.7 Å². The minimum absolute atomic E-state index is 0.601. The lowest BCUT2D eigenvalue weighted by molar-refractivity contribution is 0.117. The highest BCUT2D eigenvalue weighted by Crippen LogP contribution is 2.37. The molecule has 0 spiro atoms. The molecule has 144 valence electrons. The second-order valence-electron chi connectivity index (χ2n) is 7.45. The Balaban J connectivity index is 2.17. The molecular formula is C23H23ClN2O2. The zero-order valence-electron chi connectivity index (χ0n) is 16.4. The zero-order valence-corrected chi connectivity index (χ0v) is 17.1. The Hall–Kier alpha value is -2.58. The first kappa shape index (κ1) is 20.2. The van der Waals surface area contributed by atoms with Crippen molar-refractivity contribution in [2.24, 2.45) is 7.05 Å². The van der Waals surface area contributed by atoms with Crippen molar-refractivity contribution in [3.8, 4) is 11.8 Å². The van der Waals surface area contributed by atoms with Crippen LogP contribution in [0.2, 0.25) is 5.02 Å². The first-order valence-electron chi connectivity index (χ1n) is 8.93. The number of imidazole rings is 1. The highest BCUT2D eigenvalue weighted by atomic mass is 35.5. The summed E-state index contributed by atoms with van der Waals surface area (Å²) < 4.78 is 1.80. The molecule has 0 radical (unpaired) electrons. The van der Waals surface area contributed by atoms with Gasteiger partial charge in [-0.25, -0.2) is 4.98 Å². The van der Waals surface area contributed by atoms with E-state index < -0.39 is 11.2 Å². The van der Waals surface area contributed by atoms with Crippen molar-refractivity contribution >= 4 is 11.6 Å². The van der Waals surface area contributed by atoms with Crippen molar-refractivity contribution in [2.75, 3.05) is 0 Å². The summed E-state index contributed by atoms with van der Waals surface area (Å²) in [4.78, 5) is 4.18. The minimum atomic E-state index is -1.40. The van der Waals surface area contributed by atoms with E-state index in [9.17, 15) is 10.2 Å². The Morgan fingerprint density at radius 1 is 1.04 bits per heavy atom. The molecule has 2 N–H and O–H groups in total. The molecule has 5 heteroatoms. The van der Waals surface area contributed by atoms with E-state index in [-0.39, 0.29) is 0 Å². The van der Waals surface area contributed by atoms with E-state index in [0.717, 1.165) is 11.1 Å². The largest absolute Gasteiger partial charge is 0.378 e. The summed E-state index contributed by atoms with van der Waals surface area (Å²) in [5.74, 6) is 5.83. The van der Waals surface area contributed by atoms with E-state index in [2.05, 4.69) is 16.8 Å². The lowest BCUT2D eigenvalue weighted by Gasteiger charge is -2.30. The maximum Gasteiger partial charge on any atom is 0.156 e. The van der Waals surface area contributed by atoms with Gasteiger partial charge in [0.05, 0.1) is 18.2 Å². The van der Waals surface area contributed by atoms with Crippen LogP contribution in [0.4, 0.5) is 0 Å². The molecule has 0 bridgehead atoms. The summed E-state index contributed by atoms with van der Waals surface area (Å²) in [7, 11) is 1.85. The molecule has 0 fully saturated rings. The number of hydrogen-bond acceptors (Lipinski definition) is 3. The van der Waals surface area contributed by atoms with Gasteiger partial charge in [0.25, 0.3) is 0 Å². The standard InChI is InChI=1S/C23H23ClN2O2/c1-16-13-19(6-5-17(16)11-12-22(2,3)27)23(28,21-14-25-15-26(21)4)18-7-9-20(24)10-8-18/h5-10,13-15,27-28H,1-4H3. The molecule has 1 heterocycles. The maximum absolute atomic E-state index is 11.9. The molecule has 0 saturated heterocycles. The Morgan fingerprint density at radius 3 is 2.21 bits per heavy atom. The molecule has 2 aromatic carbocycles. The van der Waals surface area contributed by atoms with Gasteiger partial charge < -0.3 is 14.8 Å². The van der Waals surface area contributed by atoms with Crippen LogP contribution in [0, 0.1) is 18.8 Å². The number of aromatic nitrogens is 2. The topological polar surface area (TPSA) is 58.3 Å². The number of aryl methyl sites for hydroxylation is 2. The smallest absolute Gasteiger partial charge is 0.156 e. The minimum Gasteiger partial charge on any atom is -0.378 e. The van der Waals surface area contributed by atoms with Crippen molar-refractivity contribution in [1.82, 2.24) is 9.55 Å². The molecule has 0 aliphatic carbocycles. The summed E-state index contributed by atoms with van der Waals surface area (Å²) in [6.45, 7) is 5.22. The number of halogens is 1. The second-order valence-corrected chi connectivity index (χ2v) is 7.88. The second kappa shape index (κ2) is 7.44. The molecule has 1 unspecified atom stereocenters. The van der Waals surface area contributed by atoms with Gasteiger partial charge in [-0.2, -0.15) is 0 Å². The summed E-state index contributed by atoms with van der Waals surface area (Å²) in [6.07, 6.45) is 3.32. The number of benzene rings is 2. The zero-order chi connectivity index (χ0) is 20.5. The number of aliphatic hydroxyl groups is 2. The van der Waals surface area contributed by atoms with Gasteiger partial charge in [-0.3, -0.25) is 0 Å². The normalized spacial score (nSPS) is 13.5. The third kappa shape index (κ3) is 3.98. The average Bonchev–Trinajstić information content (AvgIpc) is 3.06. The third-order valence-electron chi connectivity index (χ3n) is 4.60. The fourth-order valence-electron chi connectivity index (χ4n) is 3.11. The van der Waals surface area contributed by atoms with Gasteiger partial charge in [0.15, 0.2) is 5.60 Å². The van der Waals surface area contributed by atoms with E-state index in [1.165, 1.54) is 0 Å². The molecular weight excluding hydrogens is 372 g/mol. The molecule has 0 saturated carbocycles. The lowest BCUT2D eigenvalue weighted by Crippen LogP contribution is -2.31. The van der Waals surface area contributed by atoms with Gasteiger partial charge in [-0.15, -0.1) is 0 Å². The summed E-state index contributed by atoms with van der Waals surface area (Å²) in [5.41, 5.74) is 1.27.